The van der Waals surface area contributed by atoms with Crippen molar-refractivity contribution in [3.8, 4) is 0 Å². The van der Waals surface area contributed by atoms with Gasteiger partial charge in [0.2, 0.25) is 5.82 Å². The monoisotopic (exact) mass is 326 g/mol. The van der Waals surface area contributed by atoms with E-state index in [9.17, 15) is 4.79 Å². The Morgan fingerprint density at radius 3 is 2.88 bits per heavy atom. The van der Waals surface area contributed by atoms with Gasteiger partial charge in [0.15, 0.2) is 0 Å². The summed E-state index contributed by atoms with van der Waals surface area (Å²) >= 11 is 0. The van der Waals surface area contributed by atoms with Crippen LogP contribution in [0.4, 0.5) is 0 Å². The van der Waals surface area contributed by atoms with Crippen LogP contribution in [0.2, 0.25) is 0 Å². The lowest BCUT2D eigenvalue weighted by molar-refractivity contribution is 0.0378. The van der Waals surface area contributed by atoms with E-state index in [0.29, 0.717) is 5.82 Å². The van der Waals surface area contributed by atoms with E-state index < -0.39 is 0 Å². The number of carbonyl (C=O) groups is 1. The number of hydrogen-bond donors (Lipinski definition) is 1. The van der Waals surface area contributed by atoms with Gasteiger partial charge in [0, 0.05) is 25.1 Å². The van der Waals surface area contributed by atoms with Gasteiger partial charge >= 0.3 is 0 Å². The van der Waals surface area contributed by atoms with Crippen LogP contribution in [0.15, 0.2) is 30.6 Å². The minimum absolute atomic E-state index is 0.0602. The molecule has 4 rings (SSSR count). The first kappa shape index (κ1) is 15.3. The SMILES string of the molecule is CCO[C@@H]1CC2(CCN(C(=O)c3ncn[nH]3)CC2)c2ccccc21. The lowest BCUT2D eigenvalue weighted by atomic mass is 9.73. The van der Waals surface area contributed by atoms with Gasteiger partial charge in [-0.3, -0.25) is 9.89 Å². The average molecular weight is 326 g/mol. The van der Waals surface area contributed by atoms with Crippen molar-refractivity contribution in [2.45, 2.75) is 37.7 Å². The third-order valence-electron chi connectivity index (χ3n) is 5.45. The number of aromatic nitrogens is 3. The molecular formula is C18H22N4O2. The summed E-state index contributed by atoms with van der Waals surface area (Å²) in [6.45, 7) is 4.26. The Morgan fingerprint density at radius 1 is 1.38 bits per heavy atom. The number of likely N-dealkylation sites (tertiary alicyclic amines) is 1. The molecule has 2 aromatic rings. The predicted molar refractivity (Wildman–Crippen MR) is 88.6 cm³/mol. The molecule has 2 aliphatic rings. The molecule has 1 N–H and O–H groups in total. The van der Waals surface area contributed by atoms with E-state index in [-0.39, 0.29) is 17.4 Å². The molecule has 6 nitrogen and oxygen atoms in total. The number of nitrogens with one attached hydrogen (secondary N) is 1. The van der Waals surface area contributed by atoms with Crippen molar-refractivity contribution in [3.05, 3.63) is 47.5 Å². The highest BCUT2D eigenvalue weighted by Gasteiger charge is 2.46. The van der Waals surface area contributed by atoms with Gasteiger partial charge in [0.1, 0.15) is 6.33 Å². The molecular weight excluding hydrogens is 304 g/mol. The summed E-state index contributed by atoms with van der Waals surface area (Å²) < 4.78 is 5.99. The Balaban J connectivity index is 1.53. The topological polar surface area (TPSA) is 71.1 Å². The zero-order chi connectivity index (χ0) is 16.6. The minimum atomic E-state index is -0.0602. The summed E-state index contributed by atoms with van der Waals surface area (Å²) in [5.41, 5.74) is 2.87. The maximum Gasteiger partial charge on any atom is 0.291 e. The smallest absolute Gasteiger partial charge is 0.291 e. The summed E-state index contributed by atoms with van der Waals surface area (Å²) in [6, 6.07) is 8.63. The van der Waals surface area contributed by atoms with Gasteiger partial charge in [0.05, 0.1) is 6.10 Å². The van der Waals surface area contributed by atoms with Crippen LogP contribution >= 0.6 is 0 Å². The Hall–Kier alpha value is -2.21. The van der Waals surface area contributed by atoms with Gasteiger partial charge in [0.25, 0.3) is 5.91 Å². The molecule has 1 saturated heterocycles. The lowest BCUT2D eigenvalue weighted by Crippen LogP contribution is -2.44. The van der Waals surface area contributed by atoms with Gasteiger partial charge in [-0.25, -0.2) is 4.98 Å². The summed E-state index contributed by atoms with van der Waals surface area (Å²) in [4.78, 5) is 18.3. The maximum absolute atomic E-state index is 12.4. The van der Waals surface area contributed by atoms with E-state index in [1.54, 1.807) is 0 Å². The molecule has 1 aliphatic carbocycles. The van der Waals surface area contributed by atoms with Crippen molar-refractivity contribution >= 4 is 5.91 Å². The Morgan fingerprint density at radius 2 is 2.17 bits per heavy atom. The fourth-order valence-electron chi connectivity index (χ4n) is 4.26. The van der Waals surface area contributed by atoms with Crippen molar-refractivity contribution < 1.29 is 9.53 Å². The van der Waals surface area contributed by atoms with Crippen LogP contribution in [-0.4, -0.2) is 45.7 Å². The zero-order valence-electron chi connectivity index (χ0n) is 13.9. The number of carbonyl (C=O) groups excluding carboxylic acids is 1. The molecule has 1 aromatic heterocycles. The van der Waals surface area contributed by atoms with Crippen LogP contribution in [-0.2, 0) is 10.2 Å². The van der Waals surface area contributed by atoms with Gasteiger partial charge in [-0.15, -0.1) is 0 Å². The molecule has 0 radical (unpaired) electrons. The van der Waals surface area contributed by atoms with E-state index in [4.69, 9.17) is 4.74 Å². The normalized spacial score (nSPS) is 21.9. The highest BCUT2D eigenvalue weighted by molar-refractivity contribution is 5.90. The number of rotatable bonds is 3. The van der Waals surface area contributed by atoms with Crippen LogP contribution in [0.3, 0.4) is 0 Å². The maximum atomic E-state index is 12.4. The Kier molecular flexibility index (Phi) is 3.84. The molecule has 6 heteroatoms. The molecule has 0 saturated carbocycles. The molecule has 1 fully saturated rings. The third-order valence-corrected chi connectivity index (χ3v) is 5.45. The molecule has 0 unspecified atom stereocenters. The second-order valence-electron chi connectivity index (χ2n) is 6.64. The number of fused-ring (bicyclic) bond motifs is 2. The molecule has 24 heavy (non-hydrogen) atoms. The highest BCUT2D eigenvalue weighted by atomic mass is 16.5. The second kappa shape index (κ2) is 6.02. The van der Waals surface area contributed by atoms with Crippen molar-refractivity contribution in [2.75, 3.05) is 19.7 Å². The van der Waals surface area contributed by atoms with Crippen molar-refractivity contribution in [1.82, 2.24) is 20.1 Å². The molecule has 1 spiro atoms. The number of H-pyrrole nitrogens is 1. The molecule has 1 aromatic carbocycles. The fraction of sp³-hybridized carbons (Fsp3) is 0.500. The fourth-order valence-corrected chi connectivity index (χ4v) is 4.26. The van der Waals surface area contributed by atoms with E-state index in [1.807, 2.05) is 11.8 Å². The first-order chi connectivity index (χ1) is 11.7. The molecule has 0 bridgehead atoms. The van der Waals surface area contributed by atoms with Gasteiger partial charge in [-0.2, -0.15) is 5.10 Å². The van der Waals surface area contributed by atoms with Crippen molar-refractivity contribution in [3.63, 3.8) is 0 Å². The first-order valence-corrected chi connectivity index (χ1v) is 8.59. The van der Waals surface area contributed by atoms with Crippen LogP contribution in [0, 0.1) is 0 Å². The third kappa shape index (κ3) is 2.41. The number of hydrogen-bond acceptors (Lipinski definition) is 4. The molecule has 1 atom stereocenters. The number of amides is 1. The highest BCUT2D eigenvalue weighted by Crippen LogP contribution is 2.51. The molecule has 2 heterocycles. The zero-order valence-corrected chi connectivity index (χ0v) is 13.9. The number of piperidine rings is 1. The van der Waals surface area contributed by atoms with E-state index in [0.717, 1.165) is 39.0 Å². The van der Waals surface area contributed by atoms with Gasteiger partial charge in [-0.1, -0.05) is 24.3 Å². The molecule has 1 aliphatic heterocycles. The summed E-state index contributed by atoms with van der Waals surface area (Å²) in [7, 11) is 0. The summed E-state index contributed by atoms with van der Waals surface area (Å²) in [5.74, 6) is 0.264. The molecule has 126 valence electrons. The average Bonchev–Trinajstić information content (AvgIpc) is 3.24. The Labute approximate surface area is 141 Å². The van der Waals surface area contributed by atoms with Crippen LogP contribution in [0.5, 0.6) is 0 Å². The number of benzene rings is 1. The summed E-state index contributed by atoms with van der Waals surface area (Å²) in [5, 5.41) is 6.43. The largest absolute Gasteiger partial charge is 0.374 e. The van der Waals surface area contributed by atoms with Crippen LogP contribution in [0.1, 0.15) is 54.0 Å². The number of ether oxygens (including phenoxy) is 1. The molecule has 1 amide bonds. The minimum Gasteiger partial charge on any atom is -0.374 e. The summed E-state index contributed by atoms with van der Waals surface area (Å²) in [6.07, 6.45) is 4.51. The number of nitrogens with zero attached hydrogens (tertiary/aromatic N) is 3. The van der Waals surface area contributed by atoms with Crippen molar-refractivity contribution in [1.29, 1.82) is 0 Å². The van der Waals surface area contributed by atoms with E-state index in [1.165, 1.54) is 17.5 Å². The van der Waals surface area contributed by atoms with Crippen LogP contribution < -0.4 is 0 Å². The first-order valence-electron chi connectivity index (χ1n) is 8.59. The Bertz CT molecular complexity index is 720. The lowest BCUT2D eigenvalue weighted by Gasteiger charge is -2.40. The number of aromatic amines is 1. The van der Waals surface area contributed by atoms with Gasteiger partial charge in [-0.05, 0) is 37.3 Å². The standard InChI is InChI=1S/C18H22N4O2/c1-2-24-15-11-18(14-6-4-3-5-13(14)15)7-9-22(10-8-18)17(23)16-19-12-20-21-16/h3-6,12,15H,2,7-11H2,1H3,(H,19,20,21)/t15-/m1/s1. The van der Waals surface area contributed by atoms with E-state index >= 15 is 0 Å². The van der Waals surface area contributed by atoms with Crippen LogP contribution in [0.25, 0.3) is 0 Å². The van der Waals surface area contributed by atoms with Gasteiger partial charge < -0.3 is 9.64 Å². The van der Waals surface area contributed by atoms with Crippen molar-refractivity contribution in [2.24, 2.45) is 0 Å². The van der Waals surface area contributed by atoms with E-state index in [2.05, 4.69) is 39.4 Å². The predicted octanol–water partition coefficient (Wildman–Crippen LogP) is 2.46. The second-order valence-corrected chi connectivity index (χ2v) is 6.64. The quantitative estimate of drug-likeness (QED) is 0.940.